The van der Waals surface area contributed by atoms with E-state index in [-0.39, 0.29) is 5.75 Å². The van der Waals surface area contributed by atoms with E-state index >= 15 is 0 Å². The van der Waals surface area contributed by atoms with Gasteiger partial charge in [-0.1, -0.05) is 12.1 Å². The highest BCUT2D eigenvalue weighted by Gasteiger charge is 2.20. The summed E-state index contributed by atoms with van der Waals surface area (Å²) in [6, 6.07) is 10.8. The third kappa shape index (κ3) is 2.92. The van der Waals surface area contributed by atoms with Gasteiger partial charge in [-0.05, 0) is 30.7 Å². The number of carboxylic acid groups (broad SMARTS) is 1. The van der Waals surface area contributed by atoms with Crippen LogP contribution in [0.5, 0.6) is 11.5 Å². The number of hydrogen-bond acceptors (Lipinski definition) is 4. The van der Waals surface area contributed by atoms with Crippen LogP contribution in [-0.4, -0.2) is 16.0 Å². The molecule has 2 aromatic carbocycles. The van der Waals surface area contributed by atoms with Crippen molar-refractivity contribution in [3.05, 3.63) is 63.7 Å². The maximum atomic E-state index is 11.0. The summed E-state index contributed by atoms with van der Waals surface area (Å²) in [4.78, 5) is 21.0. The zero-order valence-corrected chi connectivity index (χ0v) is 10.6. The molecule has 6 heteroatoms. The Hall–Kier alpha value is -2.89. The number of carboxylic acids is 1. The summed E-state index contributed by atoms with van der Waals surface area (Å²) in [5.74, 6) is -0.597. The van der Waals surface area contributed by atoms with Crippen LogP contribution in [0.15, 0.2) is 42.5 Å². The minimum atomic E-state index is -1.37. The average Bonchev–Trinajstić information content (AvgIpc) is 2.38. The van der Waals surface area contributed by atoms with Crippen LogP contribution < -0.4 is 4.74 Å². The monoisotopic (exact) mass is 273 g/mol. The molecule has 2 aromatic rings. The molecule has 102 valence electrons. The molecule has 0 aliphatic heterocycles. The summed E-state index contributed by atoms with van der Waals surface area (Å²) in [6.07, 6.45) is 0. The molecule has 2 rings (SSSR count). The van der Waals surface area contributed by atoms with Crippen molar-refractivity contribution >= 4 is 11.7 Å². The molecule has 0 saturated carbocycles. The fourth-order valence-electron chi connectivity index (χ4n) is 1.72. The van der Waals surface area contributed by atoms with Gasteiger partial charge in [0.15, 0.2) is 0 Å². The predicted molar refractivity (Wildman–Crippen MR) is 71.3 cm³/mol. The Labute approximate surface area is 114 Å². The molecule has 1 N–H and O–H groups in total. The van der Waals surface area contributed by atoms with Crippen LogP contribution in [0.25, 0.3) is 0 Å². The van der Waals surface area contributed by atoms with Gasteiger partial charge in [0.2, 0.25) is 0 Å². The summed E-state index contributed by atoms with van der Waals surface area (Å²) in [7, 11) is 0. The van der Waals surface area contributed by atoms with Gasteiger partial charge in [0.05, 0.1) is 4.92 Å². The number of carbonyl (C=O) groups is 1. The van der Waals surface area contributed by atoms with Crippen molar-refractivity contribution in [3.63, 3.8) is 0 Å². The van der Waals surface area contributed by atoms with E-state index in [1.165, 1.54) is 6.07 Å². The molecule has 0 fully saturated rings. The van der Waals surface area contributed by atoms with Crippen molar-refractivity contribution in [2.24, 2.45) is 0 Å². The molecule has 0 bridgehead atoms. The van der Waals surface area contributed by atoms with Crippen molar-refractivity contribution < 1.29 is 19.6 Å². The lowest BCUT2D eigenvalue weighted by atomic mass is 10.1. The molecule has 0 unspecified atom stereocenters. The number of rotatable bonds is 4. The first-order chi connectivity index (χ1) is 9.47. The summed E-state index contributed by atoms with van der Waals surface area (Å²) in [5, 5.41) is 19.7. The Morgan fingerprint density at radius 2 is 1.90 bits per heavy atom. The molecule has 0 spiro atoms. The van der Waals surface area contributed by atoms with Crippen molar-refractivity contribution in [1.29, 1.82) is 0 Å². The first-order valence-corrected chi connectivity index (χ1v) is 5.73. The highest BCUT2D eigenvalue weighted by Crippen LogP contribution is 2.28. The van der Waals surface area contributed by atoms with E-state index < -0.39 is 22.1 Å². The second-order valence-electron chi connectivity index (χ2n) is 4.16. The number of nitro benzene ring substituents is 1. The topological polar surface area (TPSA) is 89.7 Å². The summed E-state index contributed by atoms with van der Waals surface area (Å²) in [5.41, 5.74) is 0.122. The van der Waals surface area contributed by atoms with E-state index in [4.69, 9.17) is 9.84 Å². The van der Waals surface area contributed by atoms with Crippen molar-refractivity contribution in [3.8, 4) is 11.5 Å². The lowest BCUT2D eigenvalue weighted by Crippen LogP contribution is -2.02. The zero-order chi connectivity index (χ0) is 14.7. The smallest absolute Gasteiger partial charge is 0.342 e. The maximum absolute atomic E-state index is 11.0. The fraction of sp³-hybridized carbons (Fsp3) is 0.0714. The Morgan fingerprint density at radius 1 is 1.20 bits per heavy atom. The first kappa shape index (κ1) is 13.5. The molecular formula is C14H11NO5. The lowest BCUT2D eigenvalue weighted by molar-refractivity contribution is -0.385. The first-order valence-electron chi connectivity index (χ1n) is 5.73. The quantitative estimate of drug-likeness (QED) is 0.681. The summed E-state index contributed by atoms with van der Waals surface area (Å²) < 4.78 is 5.50. The van der Waals surface area contributed by atoms with Crippen molar-refractivity contribution in [2.45, 2.75) is 6.92 Å². The minimum absolute atomic E-state index is 0.235. The second-order valence-corrected chi connectivity index (χ2v) is 4.16. The van der Waals surface area contributed by atoms with E-state index in [1.54, 1.807) is 18.2 Å². The van der Waals surface area contributed by atoms with Crippen LogP contribution in [0, 0.1) is 17.0 Å². The molecule has 0 aromatic heterocycles. The lowest BCUT2D eigenvalue weighted by Gasteiger charge is -2.07. The number of aromatic carboxylic acids is 1. The van der Waals surface area contributed by atoms with Gasteiger partial charge in [-0.25, -0.2) is 4.79 Å². The zero-order valence-electron chi connectivity index (χ0n) is 10.6. The van der Waals surface area contributed by atoms with Crippen LogP contribution in [0.4, 0.5) is 5.69 Å². The molecule has 0 aliphatic carbocycles. The van der Waals surface area contributed by atoms with Gasteiger partial charge in [-0.15, -0.1) is 0 Å². The Morgan fingerprint density at radius 3 is 2.50 bits per heavy atom. The standard InChI is InChI=1S/C14H11NO5/c1-9-3-2-4-10(7-9)20-11-5-6-13(15(18)19)12(8-11)14(16)17/h2-8H,1H3,(H,16,17). The Bertz CT molecular complexity index is 681. The molecule has 0 heterocycles. The molecule has 0 aliphatic rings. The summed E-state index contributed by atoms with van der Waals surface area (Å²) >= 11 is 0. The van der Waals surface area contributed by atoms with Crippen LogP contribution >= 0.6 is 0 Å². The average molecular weight is 273 g/mol. The second kappa shape index (κ2) is 5.40. The van der Waals surface area contributed by atoms with Gasteiger partial charge in [0, 0.05) is 12.1 Å². The summed E-state index contributed by atoms with van der Waals surface area (Å²) in [6.45, 7) is 1.89. The molecule has 20 heavy (non-hydrogen) atoms. The van der Waals surface area contributed by atoms with E-state index in [2.05, 4.69) is 0 Å². The van der Waals surface area contributed by atoms with Crippen LogP contribution in [0.2, 0.25) is 0 Å². The van der Waals surface area contributed by atoms with Gasteiger partial charge in [-0.2, -0.15) is 0 Å². The van der Waals surface area contributed by atoms with Gasteiger partial charge < -0.3 is 9.84 Å². The molecule has 0 atom stereocenters. The number of benzene rings is 2. The van der Waals surface area contributed by atoms with Gasteiger partial charge in [0.25, 0.3) is 5.69 Å². The van der Waals surface area contributed by atoms with Crippen LogP contribution in [-0.2, 0) is 0 Å². The third-order valence-electron chi connectivity index (χ3n) is 2.62. The number of ether oxygens (including phenoxy) is 1. The number of aryl methyl sites for hydroxylation is 1. The normalized spacial score (nSPS) is 10.1. The van der Waals surface area contributed by atoms with E-state index in [0.717, 1.165) is 17.7 Å². The molecular weight excluding hydrogens is 262 g/mol. The van der Waals surface area contributed by atoms with Gasteiger partial charge in [0.1, 0.15) is 17.1 Å². The van der Waals surface area contributed by atoms with Crippen LogP contribution in [0.3, 0.4) is 0 Å². The third-order valence-corrected chi connectivity index (χ3v) is 2.62. The molecule has 0 amide bonds. The molecule has 0 radical (unpaired) electrons. The van der Waals surface area contributed by atoms with Gasteiger partial charge in [-0.3, -0.25) is 10.1 Å². The Balaban J connectivity index is 2.36. The minimum Gasteiger partial charge on any atom is -0.477 e. The highest BCUT2D eigenvalue weighted by molar-refractivity contribution is 5.92. The highest BCUT2D eigenvalue weighted by atomic mass is 16.6. The van der Waals surface area contributed by atoms with E-state index in [1.807, 2.05) is 13.0 Å². The van der Waals surface area contributed by atoms with E-state index in [0.29, 0.717) is 5.75 Å². The molecule has 6 nitrogen and oxygen atoms in total. The van der Waals surface area contributed by atoms with Gasteiger partial charge >= 0.3 is 5.97 Å². The van der Waals surface area contributed by atoms with E-state index in [9.17, 15) is 14.9 Å². The Kier molecular flexibility index (Phi) is 3.65. The SMILES string of the molecule is Cc1cccc(Oc2ccc([N+](=O)[O-])c(C(=O)O)c2)c1. The number of nitro groups is 1. The fourth-order valence-corrected chi connectivity index (χ4v) is 1.72. The van der Waals surface area contributed by atoms with Crippen LogP contribution in [0.1, 0.15) is 15.9 Å². The van der Waals surface area contributed by atoms with Crippen molar-refractivity contribution in [2.75, 3.05) is 0 Å². The van der Waals surface area contributed by atoms with Crippen molar-refractivity contribution in [1.82, 2.24) is 0 Å². The predicted octanol–water partition coefficient (Wildman–Crippen LogP) is 3.39. The molecule has 0 saturated heterocycles. The number of nitrogens with zero attached hydrogens (tertiary/aromatic N) is 1. The maximum Gasteiger partial charge on any atom is 0.342 e. The number of hydrogen-bond donors (Lipinski definition) is 1. The largest absolute Gasteiger partial charge is 0.477 e.